The molecule has 0 radical (unpaired) electrons. The van der Waals surface area contributed by atoms with Gasteiger partial charge < -0.3 is 25.6 Å². The number of hydrogen-bond donors (Lipinski definition) is 2. The van der Waals surface area contributed by atoms with Crippen molar-refractivity contribution >= 4 is 29.4 Å². The number of ether oxygens (including phenoxy) is 1. The average Bonchev–Trinajstić information content (AvgIpc) is 3.31. The minimum atomic E-state index is -0.539. The summed E-state index contributed by atoms with van der Waals surface area (Å²) in [5, 5.41) is 2.70. The molecule has 2 fully saturated rings. The van der Waals surface area contributed by atoms with E-state index in [4.69, 9.17) is 10.5 Å². The van der Waals surface area contributed by atoms with E-state index in [2.05, 4.69) is 26.8 Å². The zero-order chi connectivity index (χ0) is 25.7. The van der Waals surface area contributed by atoms with Crippen LogP contribution in [0.2, 0.25) is 0 Å². The fourth-order valence-corrected chi connectivity index (χ4v) is 4.85. The van der Waals surface area contributed by atoms with Crippen LogP contribution in [-0.2, 0) is 16.1 Å². The van der Waals surface area contributed by atoms with Crippen LogP contribution < -0.4 is 16.0 Å². The molecule has 11 heteroatoms. The molecule has 0 bridgehead atoms. The molecule has 1 aromatic rings. The van der Waals surface area contributed by atoms with Gasteiger partial charge in [-0.05, 0) is 18.9 Å². The summed E-state index contributed by atoms with van der Waals surface area (Å²) < 4.78 is 21.0. The van der Waals surface area contributed by atoms with Gasteiger partial charge in [0.1, 0.15) is 0 Å². The summed E-state index contributed by atoms with van der Waals surface area (Å²) in [6.07, 6.45) is 5.81. The van der Waals surface area contributed by atoms with Crippen LogP contribution in [0.25, 0.3) is 5.57 Å². The molecule has 3 aliphatic rings. The van der Waals surface area contributed by atoms with Gasteiger partial charge in [0, 0.05) is 75.9 Å². The lowest BCUT2D eigenvalue weighted by atomic mass is 10.0. The van der Waals surface area contributed by atoms with Crippen LogP contribution in [-0.4, -0.2) is 98.4 Å². The summed E-state index contributed by atoms with van der Waals surface area (Å²) >= 11 is 0. The summed E-state index contributed by atoms with van der Waals surface area (Å²) in [7, 11) is 1.76. The van der Waals surface area contributed by atoms with Crippen LogP contribution >= 0.6 is 0 Å². The number of aliphatic imine (C=N–C) groups is 1. The molecule has 194 valence electrons. The average molecular weight is 500 g/mol. The minimum Gasteiger partial charge on any atom is -0.404 e. The molecule has 3 N–H and O–H groups in total. The number of likely N-dealkylation sites (tertiary alicyclic amines) is 1. The normalized spacial score (nSPS) is 20.9. The number of rotatable bonds is 8. The molecule has 2 saturated heterocycles. The fraction of sp³-hybridized carbons (Fsp3) is 0.520. The van der Waals surface area contributed by atoms with E-state index in [0.29, 0.717) is 30.9 Å². The SMILES string of the molecule is C=CC(=O)N1CCCC(N(C)c2nc(C(C=NCCN3CCOCC3)=CN)c3c(c2F)CNC3=O)C1. The molecule has 1 aromatic heterocycles. The Bertz CT molecular complexity index is 1070. The van der Waals surface area contributed by atoms with Crippen molar-refractivity contribution in [3.63, 3.8) is 0 Å². The van der Waals surface area contributed by atoms with Crippen LogP contribution in [0, 0.1) is 5.82 Å². The quantitative estimate of drug-likeness (QED) is 0.401. The van der Waals surface area contributed by atoms with Gasteiger partial charge >= 0.3 is 0 Å². The van der Waals surface area contributed by atoms with Crippen molar-refractivity contribution in [2.75, 3.05) is 64.4 Å². The molecule has 1 atom stereocenters. The largest absolute Gasteiger partial charge is 0.404 e. The van der Waals surface area contributed by atoms with Gasteiger partial charge in [0.05, 0.1) is 31.0 Å². The van der Waals surface area contributed by atoms with Crippen molar-refractivity contribution in [3.8, 4) is 0 Å². The molecule has 4 heterocycles. The molecule has 3 aliphatic heterocycles. The van der Waals surface area contributed by atoms with Crippen LogP contribution in [0.15, 0.2) is 23.8 Å². The zero-order valence-corrected chi connectivity index (χ0v) is 20.7. The predicted molar refractivity (Wildman–Crippen MR) is 136 cm³/mol. The predicted octanol–water partition coefficient (Wildman–Crippen LogP) is 0.780. The first-order valence-electron chi connectivity index (χ1n) is 12.3. The first-order valence-corrected chi connectivity index (χ1v) is 12.3. The molecule has 2 amide bonds. The molecule has 0 spiro atoms. The Balaban J connectivity index is 1.59. The fourth-order valence-electron chi connectivity index (χ4n) is 4.85. The highest BCUT2D eigenvalue weighted by Crippen LogP contribution is 2.32. The Morgan fingerprint density at radius 1 is 1.39 bits per heavy atom. The number of piperidine rings is 1. The van der Waals surface area contributed by atoms with Gasteiger partial charge in [0.2, 0.25) is 5.91 Å². The number of carbonyl (C=O) groups is 2. The van der Waals surface area contributed by atoms with E-state index in [1.807, 2.05) is 0 Å². The topological polar surface area (TPSA) is 116 Å². The van der Waals surface area contributed by atoms with Gasteiger partial charge in [-0.25, -0.2) is 9.37 Å². The number of pyridine rings is 1. The highest BCUT2D eigenvalue weighted by Gasteiger charge is 2.34. The van der Waals surface area contributed by atoms with E-state index in [1.165, 1.54) is 12.3 Å². The van der Waals surface area contributed by atoms with Gasteiger partial charge in [-0.3, -0.25) is 19.5 Å². The second-order valence-electron chi connectivity index (χ2n) is 9.14. The van der Waals surface area contributed by atoms with E-state index >= 15 is 4.39 Å². The molecule has 1 unspecified atom stereocenters. The van der Waals surface area contributed by atoms with Crippen molar-refractivity contribution in [1.29, 1.82) is 0 Å². The molecule has 36 heavy (non-hydrogen) atoms. The first-order chi connectivity index (χ1) is 17.4. The van der Waals surface area contributed by atoms with Crippen molar-refractivity contribution in [2.24, 2.45) is 10.7 Å². The third kappa shape index (κ3) is 5.41. The van der Waals surface area contributed by atoms with E-state index in [-0.39, 0.29) is 41.3 Å². The Labute approximate surface area is 210 Å². The van der Waals surface area contributed by atoms with Crippen molar-refractivity contribution < 1.29 is 18.7 Å². The Morgan fingerprint density at radius 3 is 2.89 bits per heavy atom. The number of allylic oxidation sites excluding steroid dienone is 1. The van der Waals surface area contributed by atoms with E-state index < -0.39 is 5.82 Å². The van der Waals surface area contributed by atoms with E-state index in [0.717, 1.165) is 45.7 Å². The van der Waals surface area contributed by atoms with E-state index in [9.17, 15) is 9.59 Å². The number of likely N-dealkylation sites (N-methyl/N-ethyl adjacent to an activating group) is 1. The number of nitrogens with two attached hydrogens (primary N) is 1. The van der Waals surface area contributed by atoms with Gasteiger partial charge in [-0.2, -0.15) is 0 Å². The van der Waals surface area contributed by atoms with Gasteiger partial charge in [0.15, 0.2) is 11.6 Å². The highest BCUT2D eigenvalue weighted by atomic mass is 19.1. The highest BCUT2D eigenvalue weighted by molar-refractivity contribution is 6.14. The maximum atomic E-state index is 15.6. The summed E-state index contributed by atoms with van der Waals surface area (Å²) in [4.78, 5) is 39.6. The summed E-state index contributed by atoms with van der Waals surface area (Å²) in [5.41, 5.74) is 7.14. The van der Waals surface area contributed by atoms with Crippen molar-refractivity contribution in [1.82, 2.24) is 20.1 Å². The standard InChI is InChI=1S/C25H34FN7O3/c1-3-20(34)33-7-4-5-18(16-33)31(2)24-22(26)19-15-29-25(35)21(19)23(30-24)17(13-27)14-28-6-8-32-9-11-36-12-10-32/h3,13-14,18H,1,4-12,15-16,27H2,2H3,(H,29,35). The number of carbonyl (C=O) groups excluding carboxylic acids is 2. The van der Waals surface area contributed by atoms with Crippen LogP contribution in [0.1, 0.15) is 34.5 Å². The molecule has 10 nitrogen and oxygen atoms in total. The van der Waals surface area contributed by atoms with Crippen LogP contribution in [0.5, 0.6) is 0 Å². The van der Waals surface area contributed by atoms with Crippen LogP contribution in [0.3, 0.4) is 0 Å². The zero-order valence-electron chi connectivity index (χ0n) is 20.7. The van der Waals surface area contributed by atoms with Crippen LogP contribution in [0.4, 0.5) is 10.2 Å². The lowest BCUT2D eigenvalue weighted by molar-refractivity contribution is -0.127. The third-order valence-electron chi connectivity index (χ3n) is 6.97. The summed E-state index contributed by atoms with van der Waals surface area (Å²) in [5.74, 6) is -0.948. The van der Waals surface area contributed by atoms with Crippen molar-refractivity contribution in [3.05, 3.63) is 41.5 Å². The molecular weight excluding hydrogens is 465 g/mol. The second kappa shape index (κ2) is 11.6. The lowest BCUT2D eigenvalue weighted by Crippen LogP contribution is -2.48. The monoisotopic (exact) mass is 499 g/mol. The summed E-state index contributed by atoms with van der Waals surface area (Å²) in [6, 6.07) is -0.131. The molecular formula is C25H34FN7O3. The maximum Gasteiger partial charge on any atom is 0.254 e. The number of nitrogens with zero attached hydrogens (tertiary/aromatic N) is 5. The maximum absolute atomic E-state index is 15.6. The van der Waals surface area contributed by atoms with Gasteiger partial charge in [-0.15, -0.1) is 0 Å². The van der Waals surface area contributed by atoms with Crippen molar-refractivity contribution in [2.45, 2.75) is 25.4 Å². The number of amides is 2. The molecule has 0 saturated carbocycles. The first kappa shape index (κ1) is 25.8. The second-order valence-corrected chi connectivity index (χ2v) is 9.14. The summed E-state index contributed by atoms with van der Waals surface area (Å²) in [6.45, 7) is 9.23. The number of halogens is 1. The number of aromatic nitrogens is 1. The number of hydrogen-bond acceptors (Lipinski definition) is 8. The Kier molecular flexibility index (Phi) is 8.32. The van der Waals surface area contributed by atoms with E-state index in [1.54, 1.807) is 23.1 Å². The van der Waals surface area contributed by atoms with Gasteiger partial charge in [-0.1, -0.05) is 6.58 Å². The number of anilines is 1. The molecule has 0 aromatic carbocycles. The Morgan fingerprint density at radius 2 is 2.17 bits per heavy atom. The Hall–Kier alpha value is -3.31. The lowest BCUT2D eigenvalue weighted by Gasteiger charge is -2.38. The number of morpholine rings is 1. The molecule has 0 aliphatic carbocycles. The smallest absolute Gasteiger partial charge is 0.254 e. The third-order valence-corrected chi connectivity index (χ3v) is 6.97. The minimum absolute atomic E-state index is 0.0775. The number of fused-ring (bicyclic) bond motifs is 1. The number of nitrogens with one attached hydrogen (secondary N) is 1. The molecule has 4 rings (SSSR count). The van der Waals surface area contributed by atoms with Gasteiger partial charge in [0.25, 0.3) is 5.91 Å².